The van der Waals surface area contributed by atoms with Crippen LogP contribution < -0.4 is 0 Å². The van der Waals surface area contributed by atoms with Crippen LogP contribution in [0.4, 0.5) is 0 Å². The van der Waals surface area contributed by atoms with Crippen LogP contribution in [0.3, 0.4) is 0 Å². The summed E-state index contributed by atoms with van der Waals surface area (Å²) in [5.41, 5.74) is 0. The molecule has 0 fully saturated rings. The summed E-state index contributed by atoms with van der Waals surface area (Å²) >= 11 is 0. The highest BCUT2D eigenvalue weighted by molar-refractivity contribution is 5.72. The van der Waals surface area contributed by atoms with Gasteiger partial charge in [0.15, 0.2) is 12.2 Å². The van der Waals surface area contributed by atoms with Gasteiger partial charge in [-0.25, -0.2) is 0 Å². The van der Waals surface area contributed by atoms with Gasteiger partial charge >= 0.3 is 35.8 Å². The molecule has 0 aliphatic heterocycles. The molecule has 0 radical (unpaired) electrons. The third-order valence-corrected chi connectivity index (χ3v) is 21.2. The Hall–Kier alpha value is -3.96. The second-order valence-electron chi connectivity index (χ2n) is 32.1. The first-order valence-electron chi connectivity index (χ1n) is 47.1. The third-order valence-electron chi connectivity index (χ3n) is 21.2. The van der Waals surface area contributed by atoms with Crippen molar-refractivity contribution in [1.82, 2.24) is 0 Å². The Morgan fingerprint density at radius 1 is 0.176 bits per heavy atom. The molecule has 0 aromatic heterocycles. The van der Waals surface area contributed by atoms with Gasteiger partial charge in [-0.2, -0.15) is 0 Å². The number of carbonyl (C=O) groups is 6. The fourth-order valence-electron chi connectivity index (χ4n) is 14.1. The quantitative estimate of drug-likeness (QED) is 0.0246. The second-order valence-corrected chi connectivity index (χ2v) is 32.1. The first-order valence-corrected chi connectivity index (χ1v) is 47.1. The van der Waals surface area contributed by atoms with Crippen LogP contribution in [-0.2, 0) is 57.2 Å². The fraction of sp³-hybridized carbons (Fsp3) is 0.875. The Bertz CT molecular complexity index is 1930. The van der Waals surface area contributed by atoms with Crippen LogP contribution in [0, 0.1) is 0 Å². The van der Waals surface area contributed by atoms with Crippen LogP contribution in [0.5, 0.6) is 0 Å². The van der Waals surface area contributed by atoms with Crippen molar-refractivity contribution in [3.63, 3.8) is 0 Å². The van der Waals surface area contributed by atoms with Crippen molar-refractivity contribution in [3.8, 4) is 0 Å². The minimum Gasteiger partial charge on any atom is -0.462 e. The molecule has 0 saturated carbocycles. The summed E-state index contributed by atoms with van der Waals surface area (Å²) in [6.07, 6.45) is 94.6. The lowest BCUT2D eigenvalue weighted by Gasteiger charge is -2.18. The number of ether oxygens (including phenoxy) is 6. The topological polar surface area (TPSA) is 158 Å². The van der Waals surface area contributed by atoms with Crippen LogP contribution in [0.2, 0.25) is 0 Å². The van der Waals surface area contributed by atoms with E-state index in [0.717, 1.165) is 167 Å². The predicted octanol–water partition coefficient (Wildman–Crippen LogP) is 29.6. The number of allylic oxidation sites excluding steroid dienone is 6. The third kappa shape index (κ3) is 84.5. The van der Waals surface area contributed by atoms with Crippen molar-refractivity contribution in [2.45, 2.75) is 515 Å². The van der Waals surface area contributed by atoms with Crippen LogP contribution >= 0.6 is 0 Å². The van der Waals surface area contributed by atoms with Crippen molar-refractivity contribution in [1.29, 1.82) is 0 Å². The van der Waals surface area contributed by atoms with E-state index in [4.69, 9.17) is 28.4 Å². The number of rotatable bonds is 88. The average Bonchev–Trinajstić information content (AvgIpc) is 0.954. The van der Waals surface area contributed by atoms with E-state index in [1.54, 1.807) is 0 Å². The maximum Gasteiger partial charge on any atom is 0.306 e. The van der Waals surface area contributed by atoms with Crippen molar-refractivity contribution >= 4 is 35.8 Å². The number of unbranched alkanes of at least 4 members (excludes halogenated alkanes) is 60. The van der Waals surface area contributed by atoms with Gasteiger partial charge in [0.25, 0.3) is 0 Å². The fourth-order valence-corrected chi connectivity index (χ4v) is 14.1. The monoisotopic (exact) mass is 1520 g/mol. The van der Waals surface area contributed by atoms with E-state index in [0.29, 0.717) is 38.5 Å². The molecule has 0 saturated heterocycles. The summed E-state index contributed by atoms with van der Waals surface area (Å²) in [5.74, 6) is -1.93. The smallest absolute Gasteiger partial charge is 0.306 e. The van der Waals surface area contributed by atoms with Gasteiger partial charge in [0, 0.05) is 38.5 Å². The molecule has 12 heteroatoms. The standard InChI is InChI=1S/C96H176O12/c1-5-9-13-17-21-25-29-33-37-43-49-55-61-67-73-79-91(97)103-85-89(86-104-92(98)80-74-68-62-56-50-44-38-34-30-26-22-18-14-10-6-2)107-95(101)83-77-71-65-59-53-47-41-42-48-54-60-66-72-78-84-96(102)108-90(87-105-93(99)81-75-69-63-57-51-45-39-35-31-27-23-19-15-11-7-3)88-106-94(100)82-76-70-64-58-52-46-40-36-32-28-24-20-16-12-8-4/h33-34,37-38,41-42,89-90H,5-32,35-36,39-40,43-88H2,1-4H3/b37-33-,38-34-,42-41?. The molecule has 0 N–H and O–H groups in total. The zero-order valence-electron chi connectivity index (χ0n) is 71.7. The van der Waals surface area contributed by atoms with Gasteiger partial charge in [-0.3, -0.25) is 28.8 Å². The zero-order chi connectivity index (χ0) is 78.3. The summed E-state index contributed by atoms with van der Waals surface area (Å²) in [7, 11) is 0. The van der Waals surface area contributed by atoms with Crippen molar-refractivity contribution < 1.29 is 57.2 Å². The van der Waals surface area contributed by atoms with Gasteiger partial charge in [-0.15, -0.1) is 0 Å². The maximum absolute atomic E-state index is 13.1. The summed E-state index contributed by atoms with van der Waals surface area (Å²) in [4.78, 5) is 77.4. The van der Waals surface area contributed by atoms with Crippen LogP contribution in [0.25, 0.3) is 0 Å². The van der Waals surface area contributed by atoms with Gasteiger partial charge in [0.1, 0.15) is 26.4 Å². The van der Waals surface area contributed by atoms with Crippen LogP contribution in [0.1, 0.15) is 503 Å². The van der Waals surface area contributed by atoms with E-state index in [9.17, 15) is 28.8 Å². The molecule has 0 aliphatic carbocycles. The minimum absolute atomic E-state index is 0.106. The molecule has 0 spiro atoms. The van der Waals surface area contributed by atoms with Crippen LogP contribution in [-0.4, -0.2) is 74.5 Å². The van der Waals surface area contributed by atoms with Crippen molar-refractivity contribution in [2.75, 3.05) is 26.4 Å². The lowest BCUT2D eigenvalue weighted by molar-refractivity contribution is -0.167. The molecule has 0 rings (SSSR count). The van der Waals surface area contributed by atoms with Gasteiger partial charge in [0.2, 0.25) is 0 Å². The highest BCUT2D eigenvalue weighted by Crippen LogP contribution is 2.20. The molecular formula is C96H176O12. The average molecular weight is 1520 g/mol. The summed E-state index contributed by atoms with van der Waals surface area (Å²) in [6, 6.07) is 0. The second kappa shape index (κ2) is 88.6. The van der Waals surface area contributed by atoms with E-state index in [-0.39, 0.29) is 75.1 Å². The van der Waals surface area contributed by atoms with Crippen molar-refractivity contribution in [2.24, 2.45) is 0 Å². The van der Waals surface area contributed by atoms with Gasteiger partial charge in [-0.1, -0.05) is 385 Å². The number of hydrogen-bond donors (Lipinski definition) is 0. The SMILES string of the molecule is CCCCCCCC/C=C\CCCCCCCC(=O)OCC(COC(=O)CCCCCCC/C=C\CCCCCCCC)OC(=O)CCCCCCCC=CCCCCCCCC(=O)OC(COC(=O)CCCCCCCCCCCCCCCCC)COC(=O)CCCCCCCCCCCCCCCCC. The molecule has 0 atom stereocenters. The Labute approximate surface area is 667 Å². The Kier molecular flexibility index (Phi) is 85.4. The van der Waals surface area contributed by atoms with E-state index >= 15 is 0 Å². The zero-order valence-corrected chi connectivity index (χ0v) is 71.7. The molecule has 0 heterocycles. The summed E-state index contributed by atoms with van der Waals surface area (Å²) < 4.78 is 34.0. The first kappa shape index (κ1) is 104. The minimum atomic E-state index is -0.829. The molecule has 12 nitrogen and oxygen atoms in total. The molecule has 0 bridgehead atoms. The van der Waals surface area contributed by atoms with Gasteiger partial charge < -0.3 is 28.4 Å². The van der Waals surface area contributed by atoms with E-state index in [1.807, 2.05) is 0 Å². The molecule has 632 valence electrons. The van der Waals surface area contributed by atoms with E-state index < -0.39 is 12.2 Å². The molecular weight excluding hydrogens is 1350 g/mol. The van der Waals surface area contributed by atoms with Gasteiger partial charge in [-0.05, 0) is 116 Å². The van der Waals surface area contributed by atoms with Gasteiger partial charge in [0.05, 0.1) is 0 Å². The molecule has 0 amide bonds. The molecule has 0 unspecified atom stereocenters. The lowest BCUT2D eigenvalue weighted by atomic mass is 10.0. The number of hydrogen-bond acceptors (Lipinski definition) is 12. The van der Waals surface area contributed by atoms with Crippen LogP contribution in [0.15, 0.2) is 36.5 Å². The molecule has 108 heavy (non-hydrogen) atoms. The highest BCUT2D eigenvalue weighted by atomic mass is 16.6. The molecule has 0 aromatic rings. The normalized spacial score (nSPS) is 11.7. The number of carbonyl (C=O) groups excluding carboxylic acids is 6. The Balaban J connectivity index is 4.73. The van der Waals surface area contributed by atoms with E-state index in [1.165, 1.54) is 257 Å². The van der Waals surface area contributed by atoms with E-state index in [2.05, 4.69) is 64.2 Å². The molecule has 0 aliphatic rings. The lowest BCUT2D eigenvalue weighted by Crippen LogP contribution is -2.30. The largest absolute Gasteiger partial charge is 0.462 e. The van der Waals surface area contributed by atoms with Crippen molar-refractivity contribution in [3.05, 3.63) is 36.5 Å². The molecule has 0 aromatic carbocycles. The Morgan fingerprint density at radius 3 is 0.463 bits per heavy atom. The maximum atomic E-state index is 13.1. The predicted molar refractivity (Wildman–Crippen MR) is 455 cm³/mol. The highest BCUT2D eigenvalue weighted by Gasteiger charge is 2.22. The number of esters is 6. The summed E-state index contributed by atoms with van der Waals surface area (Å²) in [6.45, 7) is 8.61. The Morgan fingerprint density at radius 2 is 0.306 bits per heavy atom. The first-order chi connectivity index (χ1) is 53.1. The summed E-state index contributed by atoms with van der Waals surface area (Å²) in [5, 5.41) is 0.